The number of ketones is 1. The third kappa shape index (κ3) is 1.20. The highest BCUT2D eigenvalue weighted by Crippen LogP contribution is 2.36. The molecule has 0 fully saturated rings. The van der Waals surface area contributed by atoms with Crippen LogP contribution in [0.2, 0.25) is 0 Å². The summed E-state index contributed by atoms with van der Waals surface area (Å²) in [6.07, 6.45) is 0. The highest BCUT2D eigenvalue weighted by Gasteiger charge is 2.34. The van der Waals surface area contributed by atoms with Crippen molar-refractivity contribution in [3.63, 3.8) is 0 Å². The third-order valence-corrected chi connectivity index (χ3v) is 2.76. The first kappa shape index (κ1) is 8.52. The minimum atomic E-state index is -0.428. The number of rotatable bonds is 1. The van der Waals surface area contributed by atoms with E-state index in [1.807, 2.05) is 37.3 Å². The van der Waals surface area contributed by atoms with Crippen molar-refractivity contribution < 1.29 is 4.79 Å². The van der Waals surface area contributed by atoms with Crippen molar-refractivity contribution in [1.29, 1.82) is 0 Å². The van der Waals surface area contributed by atoms with Crippen molar-refractivity contribution in [2.75, 3.05) is 0 Å². The lowest BCUT2D eigenvalue weighted by Gasteiger charge is -2.25. The first-order valence-corrected chi connectivity index (χ1v) is 4.60. The van der Waals surface area contributed by atoms with E-state index >= 15 is 0 Å². The molecule has 0 bridgehead atoms. The molecule has 1 aliphatic rings. The van der Waals surface area contributed by atoms with Gasteiger partial charge in [-0.05, 0) is 23.6 Å². The van der Waals surface area contributed by atoms with Gasteiger partial charge in [-0.1, -0.05) is 30.3 Å². The summed E-state index contributed by atoms with van der Waals surface area (Å²) in [6, 6.07) is 9.79. The van der Waals surface area contributed by atoms with Crippen LogP contribution in [0.1, 0.15) is 12.5 Å². The predicted molar refractivity (Wildman–Crippen MR) is 53.7 cm³/mol. The second-order valence-corrected chi connectivity index (χ2v) is 3.57. The van der Waals surface area contributed by atoms with Gasteiger partial charge in [0.1, 0.15) is 5.38 Å². The van der Waals surface area contributed by atoms with Crippen LogP contribution in [0.25, 0.3) is 5.57 Å². The van der Waals surface area contributed by atoms with Crippen LogP contribution in [-0.2, 0) is 4.79 Å². The largest absolute Gasteiger partial charge is 0.292 e. The number of Topliss-reactive ketones (excluding diaryl/α,β-unsaturated/α-hetero) is 1. The van der Waals surface area contributed by atoms with Gasteiger partial charge in [0.05, 0.1) is 0 Å². The number of carbonyl (C=O) groups excluding carboxylic acids is 1. The van der Waals surface area contributed by atoms with Gasteiger partial charge in [-0.3, -0.25) is 4.79 Å². The fourth-order valence-electron chi connectivity index (χ4n) is 1.55. The fraction of sp³-hybridized carbons (Fsp3) is 0.182. The van der Waals surface area contributed by atoms with E-state index < -0.39 is 5.38 Å². The molecule has 2 heteroatoms. The van der Waals surface area contributed by atoms with E-state index in [4.69, 9.17) is 11.6 Å². The second-order valence-electron chi connectivity index (χ2n) is 3.13. The van der Waals surface area contributed by atoms with Crippen LogP contribution in [0.15, 0.2) is 35.9 Å². The Morgan fingerprint density at radius 2 is 1.85 bits per heavy atom. The maximum absolute atomic E-state index is 11.2. The van der Waals surface area contributed by atoms with Crippen LogP contribution >= 0.6 is 11.6 Å². The van der Waals surface area contributed by atoms with Crippen LogP contribution in [0, 0.1) is 0 Å². The average Bonchev–Trinajstić information content (AvgIpc) is 2.19. The van der Waals surface area contributed by atoms with Crippen LogP contribution < -0.4 is 0 Å². The molecule has 2 rings (SSSR count). The normalized spacial score (nSPS) is 21.7. The summed E-state index contributed by atoms with van der Waals surface area (Å²) in [4.78, 5) is 11.2. The molecule has 1 unspecified atom stereocenters. The molecule has 1 aromatic carbocycles. The summed E-state index contributed by atoms with van der Waals surface area (Å²) in [6.45, 7) is 1.82. The molecule has 0 saturated carbocycles. The van der Waals surface area contributed by atoms with E-state index in [9.17, 15) is 4.79 Å². The molecule has 0 aromatic heterocycles. The van der Waals surface area contributed by atoms with Crippen LogP contribution in [-0.4, -0.2) is 11.2 Å². The molecule has 0 saturated heterocycles. The zero-order valence-electron chi connectivity index (χ0n) is 7.25. The monoisotopic (exact) mass is 192 g/mol. The van der Waals surface area contributed by atoms with Gasteiger partial charge >= 0.3 is 0 Å². The van der Waals surface area contributed by atoms with Gasteiger partial charge in [-0.15, -0.1) is 11.6 Å². The number of benzene rings is 1. The SMILES string of the molecule is CC1=C(c2ccccc2)C(Cl)C1=O. The Kier molecular flexibility index (Phi) is 1.97. The first-order valence-electron chi connectivity index (χ1n) is 4.16. The first-order chi connectivity index (χ1) is 6.22. The second kappa shape index (κ2) is 3.00. The maximum atomic E-state index is 11.2. The summed E-state index contributed by atoms with van der Waals surface area (Å²) in [7, 11) is 0. The van der Waals surface area contributed by atoms with E-state index in [0.29, 0.717) is 0 Å². The molecule has 1 atom stereocenters. The standard InChI is InChI=1S/C11H9ClO/c1-7-9(10(12)11(7)13)8-5-3-2-4-6-8/h2-6,10H,1H3. The summed E-state index contributed by atoms with van der Waals surface area (Å²) in [5.41, 5.74) is 2.83. The van der Waals surface area contributed by atoms with Gasteiger partial charge in [0.2, 0.25) is 0 Å². The number of carbonyl (C=O) groups is 1. The number of hydrogen-bond acceptors (Lipinski definition) is 1. The van der Waals surface area contributed by atoms with Gasteiger partial charge in [0, 0.05) is 0 Å². The molecular weight excluding hydrogens is 184 g/mol. The smallest absolute Gasteiger partial charge is 0.181 e. The molecule has 1 nitrogen and oxygen atoms in total. The summed E-state index contributed by atoms with van der Waals surface area (Å²) in [5, 5.41) is -0.428. The zero-order chi connectivity index (χ0) is 9.42. The fourth-order valence-corrected chi connectivity index (χ4v) is 2.00. The quantitative estimate of drug-likeness (QED) is 0.626. The number of halogens is 1. The van der Waals surface area contributed by atoms with E-state index in [0.717, 1.165) is 16.7 Å². The Balaban J connectivity index is 2.45. The minimum absolute atomic E-state index is 0.0560. The molecule has 0 heterocycles. The van der Waals surface area contributed by atoms with Crippen LogP contribution in [0.3, 0.4) is 0 Å². The molecule has 0 radical (unpaired) electrons. The van der Waals surface area contributed by atoms with Gasteiger partial charge in [0.25, 0.3) is 0 Å². The predicted octanol–water partition coefficient (Wildman–Crippen LogP) is 2.65. The molecule has 0 aliphatic heterocycles. The Morgan fingerprint density at radius 3 is 2.38 bits per heavy atom. The van der Waals surface area contributed by atoms with Gasteiger partial charge in [-0.2, -0.15) is 0 Å². The Labute approximate surface area is 82.0 Å². The summed E-state index contributed by atoms with van der Waals surface area (Å²) in [5.74, 6) is 0.0560. The summed E-state index contributed by atoms with van der Waals surface area (Å²) >= 11 is 5.89. The third-order valence-electron chi connectivity index (χ3n) is 2.34. The lowest BCUT2D eigenvalue weighted by atomic mass is 9.83. The molecule has 13 heavy (non-hydrogen) atoms. The van der Waals surface area contributed by atoms with Crippen LogP contribution in [0.4, 0.5) is 0 Å². The Hall–Kier alpha value is -1.08. The Morgan fingerprint density at radius 1 is 1.23 bits per heavy atom. The highest BCUT2D eigenvalue weighted by molar-refractivity contribution is 6.46. The summed E-state index contributed by atoms with van der Waals surface area (Å²) < 4.78 is 0. The van der Waals surface area contributed by atoms with Crippen molar-refractivity contribution in [3.05, 3.63) is 41.5 Å². The maximum Gasteiger partial charge on any atom is 0.181 e. The van der Waals surface area contributed by atoms with Crippen molar-refractivity contribution in [1.82, 2.24) is 0 Å². The molecule has 1 aliphatic carbocycles. The highest BCUT2D eigenvalue weighted by atomic mass is 35.5. The van der Waals surface area contributed by atoms with Crippen molar-refractivity contribution in [2.45, 2.75) is 12.3 Å². The molecule has 1 aromatic rings. The number of alkyl halides is 1. The molecule has 66 valence electrons. The Bertz CT molecular complexity index is 378. The molecule has 0 N–H and O–H groups in total. The number of hydrogen-bond donors (Lipinski definition) is 0. The van der Waals surface area contributed by atoms with E-state index in [1.165, 1.54) is 0 Å². The minimum Gasteiger partial charge on any atom is -0.292 e. The lowest BCUT2D eigenvalue weighted by Crippen LogP contribution is -2.29. The van der Waals surface area contributed by atoms with E-state index in [1.54, 1.807) is 0 Å². The topological polar surface area (TPSA) is 17.1 Å². The van der Waals surface area contributed by atoms with Gasteiger partial charge < -0.3 is 0 Å². The van der Waals surface area contributed by atoms with Crippen molar-refractivity contribution in [3.8, 4) is 0 Å². The molecule has 0 amide bonds. The van der Waals surface area contributed by atoms with E-state index in [-0.39, 0.29) is 5.78 Å². The van der Waals surface area contributed by atoms with E-state index in [2.05, 4.69) is 0 Å². The lowest BCUT2D eigenvalue weighted by molar-refractivity contribution is -0.115. The number of allylic oxidation sites excluding steroid dienone is 2. The molecular formula is C11H9ClO. The van der Waals surface area contributed by atoms with Crippen LogP contribution in [0.5, 0.6) is 0 Å². The van der Waals surface area contributed by atoms with Gasteiger partial charge in [0.15, 0.2) is 5.78 Å². The average molecular weight is 193 g/mol. The zero-order valence-corrected chi connectivity index (χ0v) is 8.01. The van der Waals surface area contributed by atoms with Crippen molar-refractivity contribution in [2.24, 2.45) is 0 Å². The van der Waals surface area contributed by atoms with Crippen molar-refractivity contribution >= 4 is 23.0 Å². The van der Waals surface area contributed by atoms with Gasteiger partial charge in [-0.25, -0.2) is 0 Å². The molecule has 0 spiro atoms.